The summed E-state index contributed by atoms with van der Waals surface area (Å²) in [6.07, 6.45) is 7.78. The summed E-state index contributed by atoms with van der Waals surface area (Å²) in [5, 5.41) is 6.44. The van der Waals surface area contributed by atoms with E-state index >= 15 is 0 Å². The molecule has 17 heavy (non-hydrogen) atoms. The fourth-order valence-electron chi connectivity index (χ4n) is 2.73. The first-order valence-corrected chi connectivity index (χ1v) is 6.83. The highest BCUT2D eigenvalue weighted by molar-refractivity contribution is 5.76. The predicted octanol–water partition coefficient (Wildman–Crippen LogP) is 1.70. The molecule has 1 saturated carbocycles. The van der Waals surface area contributed by atoms with Gasteiger partial charge in [-0.2, -0.15) is 0 Å². The van der Waals surface area contributed by atoms with E-state index in [9.17, 15) is 4.79 Å². The number of rotatable bonds is 6. The number of allylic oxidation sites excluding steroid dienone is 1. The van der Waals surface area contributed by atoms with Crippen LogP contribution in [0.2, 0.25) is 0 Å². The molecule has 0 aromatic rings. The fourth-order valence-corrected chi connectivity index (χ4v) is 2.73. The Morgan fingerprint density at radius 1 is 1.47 bits per heavy atom. The molecular formula is C14H24N2O. The van der Waals surface area contributed by atoms with Crippen molar-refractivity contribution in [2.75, 3.05) is 13.1 Å². The third kappa shape index (κ3) is 3.32. The highest BCUT2D eigenvalue weighted by atomic mass is 16.1. The third-order valence-corrected chi connectivity index (χ3v) is 3.83. The van der Waals surface area contributed by atoms with Gasteiger partial charge >= 0.3 is 0 Å². The van der Waals surface area contributed by atoms with Crippen molar-refractivity contribution in [1.82, 2.24) is 10.6 Å². The van der Waals surface area contributed by atoms with E-state index in [0.29, 0.717) is 18.4 Å². The highest BCUT2D eigenvalue weighted by Gasteiger charge is 2.40. The normalized spacial score (nSPS) is 30.2. The van der Waals surface area contributed by atoms with Gasteiger partial charge in [0.25, 0.3) is 0 Å². The van der Waals surface area contributed by atoms with Crippen LogP contribution in [0.4, 0.5) is 0 Å². The van der Waals surface area contributed by atoms with Gasteiger partial charge in [0, 0.05) is 25.6 Å². The van der Waals surface area contributed by atoms with Gasteiger partial charge in [0.05, 0.1) is 0 Å². The Hall–Kier alpha value is -0.830. The molecule has 0 spiro atoms. The molecule has 3 unspecified atom stereocenters. The summed E-state index contributed by atoms with van der Waals surface area (Å²) in [4.78, 5) is 11.5. The van der Waals surface area contributed by atoms with E-state index in [1.54, 1.807) is 0 Å². The van der Waals surface area contributed by atoms with Gasteiger partial charge in [0.1, 0.15) is 0 Å². The van der Waals surface area contributed by atoms with Crippen LogP contribution in [-0.2, 0) is 4.79 Å². The van der Waals surface area contributed by atoms with Crippen molar-refractivity contribution in [2.24, 2.45) is 17.8 Å². The number of nitrogens with one attached hydrogen (secondary N) is 2. The molecule has 2 aliphatic rings. The summed E-state index contributed by atoms with van der Waals surface area (Å²) < 4.78 is 0. The summed E-state index contributed by atoms with van der Waals surface area (Å²) in [5.74, 6) is 2.34. The quantitative estimate of drug-likeness (QED) is 0.689. The first kappa shape index (κ1) is 12.6. The largest absolute Gasteiger partial charge is 0.356 e. The maximum absolute atomic E-state index is 11.5. The molecule has 0 radical (unpaired) electrons. The van der Waals surface area contributed by atoms with Gasteiger partial charge in [-0.1, -0.05) is 26.0 Å². The van der Waals surface area contributed by atoms with Gasteiger partial charge in [-0.25, -0.2) is 0 Å². The van der Waals surface area contributed by atoms with Crippen molar-refractivity contribution in [3.63, 3.8) is 0 Å². The first-order chi connectivity index (χ1) is 8.16. The SMILES string of the molecule is CC(C)CNC(=O)CCNC1CC2CC=CC21. The standard InChI is InChI=1S/C14H24N2O/c1-10(2)9-16-14(17)6-7-15-13-8-11-4-3-5-12(11)13/h3,5,10-13,15H,4,6-9H2,1-2H3,(H,16,17). The van der Waals surface area contributed by atoms with E-state index in [4.69, 9.17) is 0 Å². The van der Waals surface area contributed by atoms with Crippen LogP contribution in [0.25, 0.3) is 0 Å². The van der Waals surface area contributed by atoms with Crippen molar-refractivity contribution in [3.05, 3.63) is 12.2 Å². The summed E-state index contributed by atoms with van der Waals surface area (Å²) in [6, 6.07) is 0.622. The maximum atomic E-state index is 11.5. The second-order valence-electron chi connectivity index (χ2n) is 5.75. The summed E-state index contributed by atoms with van der Waals surface area (Å²) in [6.45, 7) is 5.82. The van der Waals surface area contributed by atoms with Crippen molar-refractivity contribution >= 4 is 5.91 Å². The van der Waals surface area contributed by atoms with Crippen LogP contribution in [-0.4, -0.2) is 25.0 Å². The van der Waals surface area contributed by atoms with Gasteiger partial charge < -0.3 is 10.6 Å². The molecule has 2 aliphatic carbocycles. The average Bonchev–Trinajstić information content (AvgIpc) is 2.63. The first-order valence-electron chi connectivity index (χ1n) is 6.83. The van der Waals surface area contributed by atoms with Gasteiger partial charge in [0.15, 0.2) is 0 Å². The lowest BCUT2D eigenvalue weighted by atomic mass is 9.71. The topological polar surface area (TPSA) is 41.1 Å². The van der Waals surface area contributed by atoms with E-state index in [-0.39, 0.29) is 5.91 Å². The minimum absolute atomic E-state index is 0.170. The Morgan fingerprint density at radius 2 is 2.29 bits per heavy atom. The lowest BCUT2D eigenvalue weighted by molar-refractivity contribution is -0.121. The molecule has 1 fully saturated rings. The van der Waals surface area contributed by atoms with Gasteiger partial charge in [-0.05, 0) is 30.6 Å². The molecule has 0 bridgehead atoms. The second kappa shape index (κ2) is 5.67. The molecule has 3 nitrogen and oxygen atoms in total. The minimum Gasteiger partial charge on any atom is -0.356 e. The number of carbonyl (C=O) groups excluding carboxylic acids is 1. The fraction of sp³-hybridized carbons (Fsp3) is 0.786. The van der Waals surface area contributed by atoms with E-state index in [0.717, 1.165) is 24.9 Å². The van der Waals surface area contributed by atoms with Crippen LogP contribution in [0.1, 0.15) is 33.1 Å². The van der Waals surface area contributed by atoms with Crippen LogP contribution in [0.3, 0.4) is 0 Å². The Morgan fingerprint density at radius 3 is 3.00 bits per heavy atom. The van der Waals surface area contributed by atoms with Crippen LogP contribution >= 0.6 is 0 Å². The van der Waals surface area contributed by atoms with Gasteiger partial charge in [-0.3, -0.25) is 4.79 Å². The molecule has 1 amide bonds. The molecule has 3 atom stereocenters. The van der Waals surface area contributed by atoms with E-state index in [1.807, 2.05) is 0 Å². The molecule has 0 heterocycles. The Kier molecular flexibility index (Phi) is 4.21. The van der Waals surface area contributed by atoms with Gasteiger partial charge in [0.2, 0.25) is 5.91 Å². The summed E-state index contributed by atoms with van der Waals surface area (Å²) in [7, 11) is 0. The number of carbonyl (C=O) groups is 1. The smallest absolute Gasteiger partial charge is 0.221 e. The lowest BCUT2D eigenvalue weighted by Gasteiger charge is -2.40. The van der Waals surface area contributed by atoms with Crippen LogP contribution in [0.5, 0.6) is 0 Å². The van der Waals surface area contributed by atoms with Crippen LogP contribution in [0, 0.1) is 17.8 Å². The molecule has 0 aromatic carbocycles. The monoisotopic (exact) mass is 236 g/mol. The molecule has 2 rings (SSSR count). The van der Waals surface area contributed by atoms with Crippen molar-refractivity contribution in [2.45, 2.75) is 39.2 Å². The summed E-state index contributed by atoms with van der Waals surface area (Å²) >= 11 is 0. The van der Waals surface area contributed by atoms with Crippen LogP contribution in [0.15, 0.2) is 12.2 Å². The van der Waals surface area contributed by atoms with Crippen LogP contribution < -0.4 is 10.6 Å². The average molecular weight is 236 g/mol. The van der Waals surface area contributed by atoms with Gasteiger partial charge in [-0.15, -0.1) is 0 Å². The Labute approximate surface area is 104 Å². The predicted molar refractivity (Wildman–Crippen MR) is 69.6 cm³/mol. The van der Waals surface area contributed by atoms with E-state index < -0.39 is 0 Å². The van der Waals surface area contributed by atoms with Crippen molar-refractivity contribution in [1.29, 1.82) is 0 Å². The molecule has 2 N–H and O–H groups in total. The Bertz CT molecular complexity index is 299. The lowest BCUT2D eigenvalue weighted by Crippen LogP contribution is -2.48. The molecule has 96 valence electrons. The molecule has 3 heteroatoms. The molecular weight excluding hydrogens is 212 g/mol. The van der Waals surface area contributed by atoms with E-state index in [2.05, 4.69) is 36.6 Å². The van der Waals surface area contributed by atoms with E-state index in [1.165, 1.54) is 12.8 Å². The maximum Gasteiger partial charge on any atom is 0.221 e. The summed E-state index contributed by atoms with van der Waals surface area (Å²) in [5.41, 5.74) is 0. The zero-order valence-electron chi connectivity index (χ0n) is 10.9. The number of fused-ring (bicyclic) bond motifs is 1. The second-order valence-corrected chi connectivity index (χ2v) is 5.75. The highest BCUT2D eigenvalue weighted by Crippen LogP contribution is 2.42. The molecule has 0 aromatic heterocycles. The molecule has 0 aliphatic heterocycles. The third-order valence-electron chi connectivity index (χ3n) is 3.83. The number of amides is 1. The zero-order valence-corrected chi connectivity index (χ0v) is 10.9. The molecule has 0 saturated heterocycles. The minimum atomic E-state index is 0.170. The van der Waals surface area contributed by atoms with Crippen molar-refractivity contribution in [3.8, 4) is 0 Å². The Balaban J connectivity index is 1.54. The number of hydrogen-bond donors (Lipinski definition) is 2. The number of hydrogen-bond acceptors (Lipinski definition) is 2. The van der Waals surface area contributed by atoms with Crippen molar-refractivity contribution < 1.29 is 4.79 Å². The zero-order chi connectivity index (χ0) is 12.3.